The van der Waals surface area contributed by atoms with Gasteiger partial charge in [0, 0.05) is 11.6 Å². The van der Waals surface area contributed by atoms with Crippen molar-refractivity contribution in [2.45, 2.75) is 6.18 Å². The van der Waals surface area contributed by atoms with E-state index < -0.39 is 17.9 Å². The quantitative estimate of drug-likeness (QED) is 0.379. The van der Waals surface area contributed by atoms with E-state index in [0.29, 0.717) is 17.2 Å². The van der Waals surface area contributed by atoms with Crippen molar-refractivity contribution in [3.8, 4) is 16.9 Å². The van der Waals surface area contributed by atoms with E-state index in [9.17, 15) is 22.4 Å². The molecule has 32 heavy (non-hydrogen) atoms. The summed E-state index contributed by atoms with van der Waals surface area (Å²) < 4.78 is 53.1. The van der Waals surface area contributed by atoms with Gasteiger partial charge in [0.1, 0.15) is 11.6 Å². The molecule has 0 unspecified atom stereocenters. The van der Waals surface area contributed by atoms with E-state index in [1.54, 1.807) is 12.1 Å². The lowest BCUT2D eigenvalue weighted by Gasteiger charge is -2.15. The Bertz CT molecular complexity index is 1240. The van der Waals surface area contributed by atoms with Gasteiger partial charge in [-0.1, -0.05) is 42.5 Å². The first kappa shape index (κ1) is 21.1. The Balaban J connectivity index is 1.75. The minimum Gasteiger partial charge on any atom is -0.338 e. The van der Waals surface area contributed by atoms with Gasteiger partial charge in [-0.2, -0.15) is 18.3 Å². The molecule has 1 aromatic heterocycles. The third-order valence-electron chi connectivity index (χ3n) is 4.55. The highest BCUT2D eigenvalue weighted by Crippen LogP contribution is 2.31. The number of para-hydroxylation sites is 2. The van der Waals surface area contributed by atoms with Crippen molar-refractivity contribution in [2.75, 3.05) is 10.6 Å². The first-order valence-corrected chi connectivity index (χ1v) is 9.47. The number of nitrogens with one attached hydrogen (secondary N) is 2. The average molecular weight is 440 g/mol. The predicted molar refractivity (Wildman–Crippen MR) is 113 cm³/mol. The van der Waals surface area contributed by atoms with E-state index >= 15 is 0 Å². The van der Waals surface area contributed by atoms with Crippen molar-refractivity contribution in [3.63, 3.8) is 0 Å². The average Bonchev–Trinajstić information content (AvgIpc) is 3.19. The van der Waals surface area contributed by atoms with Crippen LogP contribution >= 0.6 is 0 Å². The Kier molecular flexibility index (Phi) is 5.63. The van der Waals surface area contributed by atoms with Crippen LogP contribution in [0, 0.1) is 5.82 Å². The van der Waals surface area contributed by atoms with Crippen LogP contribution in [0.5, 0.6) is 0 Å². The van der Waals surface area contributed by atoms with Gasteiger partial charge in [-0.05, 0) is 36.4 Å². The second-order valence-corrected chi connectivity index (χ2v) is 6.79. The maximum atomic E-state index is 13.4. The molecule has 4 rings (SSSR count). The molecule has 9 heteroatoms. The molecule has 0 atom stereocenters. The number of carbonyl (C=O) groups is 1. The molecule has 0 aliphatic carbocycles. The van der Waals surface area contributed by atoms with Gasteiger partial charge in [-0.15, -0.1) is 0 Å². The number of alkyl halides is 3. The van der Waals surface area contributed by atoms with Crippen LogP contribution in [-0.2, 0) is 4.79 Å². The predicted octanol–water partition coefficient (Wildman–Crippen LogP) is 5.92. The molecule has 1 amide bonds. The first-order chi connectivity index (χ1) is 15.3. The molecule has 0 bridgehead atoms. The van der Waals surface area contributed by atoms with E-state index in [2.05, 4.69) is 10.4 Å². The van der Waals surface area contributed by atoms with Gasteiger partial charge in [0.2, 0.25) is 0 Å². The monoisotopic (exact) mass is 440 g/mol. The van der Waals surface area contributed by atoms with Gasteiger partial charge in [0.15, 0.2) is 0 Å². The summed E-state index contributed by atoms with van der Waals surface area (Å²) in [6, 6.07) is 22.6. The Labute approximate surface area is 180 Å². The number of anilines is 3. The number of carbonyl (C=O) groups excluding carboxylic acids is 1. The van der Waals surface area contributed by atoms with Gasteiger partial charge in [-0.25, -0.2) is 9.07 Å². The van der Waals surface area contributed by atoms with Gasteiger partial charge in [-0.3, -0.25) is 4.79 Å². The highest BCUT2D eigenvalue weighted by Gasteiger charge is 2.39. The summed E-state index contributed by atoms with van der Waals surface area (Å²) in [5.74, 6) is -2.09. The molecule has 0 aliphatic rings. The topological polar surface area (TPSA) is 59.0 Å². The number of halogens is 4. The van der Waals surface area contributed by atoms with Gasteiger partial charge in [0.25, 0.3) is 0 Å². The summed E-state index contributed by atoms with van der Waals surface area (Å²) in [4.78, 5) is 11.4. The van der Waals surface area contributed by atoms with Gasteiger partial charge < -0.3 is 10.6 Å². The van der Waals surface area contributed by atoms with E-state index in [1.165, 1.54) is 47.1 Å². The standard InChI is InChI=1S/C23H16F4N4O/c24-16-10-12-17(13-11-16)31-21(14-20(30-31)15-6-2-1-3-7-15)28-18-8-4-5-9-19(18)29-22(32)23(25,26)27/h1-14,28H,(H,29,32). The largest absolute Gasteiger partial charge is 0.471 e. The van der Waals surface area contributed by atoms with Gasteiger partial charge in [0.05, 0.1) is 22.8 Å². The van der Waals surface area contributed by atoms with Crippen LogP contribution in [0.25, 0.3) is 16.9 Å². The molecule has 1 heterocycles. The Morgan fingerprint density at radius 1 is 0.844 bits per heavy atom. The fourth-order valence-corrected chi connectivity index (χ4v) is 3.03. The van der Waals surface area contributed by atoms with Crippen molar-refractivity contribution >= 4 is 23.1 Å². The number of hydrogen-bond acceptors (Lipinski definition) is 3. The molecule has 162 valence electrons. The summed E-state index contributed by atoms with van der Waals surface area (Å²) in [7, 11) is 0. The molecular formula is C23H16F4N4O. The number of aromatic nitrogens is 2. The summed E-state index contributed by atoms with van der Waals surface area (Å²) in [6.45, 7) is 0. The number of benzene rings is 3. The summed E-state index contributed by atoms with van der Waals surface area (Å²) in [5.41, 5.74) is 2.12. The zero-order valence-corrected chi connectivity index (χ0v) is 16.4. The van der Waals surface area contributed by atoms with E-state index in [1.807, 2.05) is 35.6 Å². The zero-order chi connectivity index (χ0) is 22.7. The molecule has 0 spiro atoms. The van der Waals surface area contributed by atoms with Crippen LogP contribution < -0.4 is 10.6 Å². The van der Waals surface area contributed by atoms with E-state index in [0.717, 1.165) is 5.56 Å². The smallest absolute Gasteiger partial charge is 0.338 e. The minimum atomic E-state index is -5.02. The fourth-order valence-electron chi connectivity index (χ4n) is 3.03. The zero-order valence-electron chi connectivity index (χ0n) is 16.4. The van der Waals surface area contributed by atoms with Crippen molar-refractivity contribution in [1.29, 1.82) is 0 Å². The van der Waals surface area contributed by atoms with Crippen molar-refractivity contribution < 1.29 is 22.4 Å². The summed E-state index contributed by atoms with van der Waals surface area (Å²) in [5, 5.41) is 9.47. The molecule has 4 aromatic rings. The molecule has 5 nitrogen and oxygen atoms in total. The second-order valence-electron chi connectivity index (χ2n) is 6.79. The van der Waals surface area contributed by atoms with Crippen LogP contribution in [0.4, 0.5) is 34.8 Å². The Morgan fingerprint density at radius 3 is 2.12 bits per heavy atom. The maximum Gasteiger partial charge on any atom is 0.471 e. The molecule has 0 aliphatic heterocycles. The highest BCUT2D eigenvalue weighted by atomic mass is 19.4. The normalized spacial score (nSPS) is 11.2. The molecule has 0 saturated heterocycles. The Morgan fingerprint density at radius 2 is 1.47 bits per heavy atom. The SMILES string of the molecule is O=C(Nc1ccccc1Nc1cc(-c2ccccc2)nn1-c1ccc(F)cc1)C(F)(F)F. The lowest BCUT2D eigenvalue weighted by atomic mass is 10.1. The number of nitrogens with zero attached hydrogens (tertiary/aromatic N) is 2. The molecule has 0 saturated carbocycles. The second kappa shape index (κ2) is 8.54. The van der Waals surface area contributed by atoms with Crippen molar-refractivity contribution in [1.82, 2.24) is 9.78 Å². The fraction of sp³-hybridized carbons (Fsp3) is 0.0435. The van der Waals surface area contributed by atoms with Crippen LogP contribution in [0.3, 0.4) is 0 Å². The lowest BCUT2D eigenvalue weighted by molar-refractivity contribution is -0.167. The van der Waals surface area contributed by atoms with E-state index in [-0.39, 0.29) is 11.4 Å². The number of amides is 1. The van der Waals surface area contributed by atoms with Crippen LogP contribution in [0.2, 0.25) is 0 Å². The molecular weight excluding hydrogens is 424 g/mol. The van der Waals surface area contributed by atoms with Crippen LogP contribution in [0.15, 0.2) is 84.9 Å². The van der Waals surface area contributed by atoms with Crippen LogP contribution in [0.1, 0.15) is 0 Å². The number of rotatable bonds is 5. The summed E-state index contributed by atoms with van der Waals surface area (Å²) >= 11 is 0. The van der Waals surface area contributed by atoms with Crippen molar-refractivity contribution in [2.24, 2.45) is 0 Å². The first-order valence-electron chi connectivity index (χ1n) is 9.47. The van der Waals surface area contributed by atoms with Crippen LogP contribution in [-0.4, -0.2) is 21.9 Å². The molecule has 3 aromatic carbocycles. The summed E-state index contributed by atoms with van der Waals surface area (Å²) in [6.07, 6.45) is -5.02. The lowest BCUT2D eigenvalue weighted by Crippen LogP contribution is -2.30. The van der Waals surface area contributed by atoms with E-state index in [4.69, 9.17) is 0 Å². The van der Waals surface area contributed by atoms with Crippen molar-refractivity contribution in [3.05, 3.63) is 90.7 Å². The minimum absolute atomic E-state index is 0.0528. The highest BCUT2D eigenvalue weighted by molar-refractivity contribution is 5.98. The third-order valence-corrected chi connectivity index (χ3v) is 4.55. The number of hydrogen-bond donors (Lipinski definition) is 2. The third kappa shape index (κ3) is 4.61. The molecule has 0 fully saturated rings. The Hall–Kier alpha value is -4.14. The maximum absolute atomic E-state index is 13.4. The molecule has 0 radical (unpaired) electrons. The van der Waals surface area contributed by atoms with Gasteiger partial charge >= 0.3 is 12.1 Å². The molecule has 2 N–H and O–H groups in total.